The van der Waals surface area contributed by atoms with E-state index in [2.05, 4.69) is 0 Å². The lowest BCUT2D eigenvalue weighted by Crippen LogP contribution is -2.35. The smallest absolute Gasteiger partial charge is 0.331 e. The van der Waals surface area contributed by atoms with Gasteiger partial charge in [0.05, 0.1) is 12.5 Å². The first kappa shape index (κ1) is 21.4. The van der Waals surface area contributed by atoms with Crippen molar-refractivity contribution in [3.8, 4) is 0 Å². The molecule has 0 aliphatic carbocycles. The predicted octanol–water partition coefficient (Wildman–Crippen LogP) is 4.83. The van der Waals surface area contributed by atoms with E-state index in [0.717, 1.165) is 17.5 Å². The van der Waals surface area contributed by atoms with Gasteiger partial charge in [0.1, 0.15) is 6.10 Å². The Morgan fingerprint density at radius 1 is 0.964 bits per heavy atom. The number of hydrogen-bond donors (Lipinski definition) is 0. The van der Waals surface area contributed by atoms with Crippen molar-refractivity contribution in [2.75, 3.05) is 6.61 Å². The molecule has 0 heterocycles. The Labute approximate surface area is 167 Å². The highest BCUT2D eigenvalue weighted by Crippen LogP contribution is 2.21. The average molecular weight is 380 g/mol. The first-order chi connectivity index (χ1) is 13.6. The molecule has 0 fully saturated rings. The number of esters is 2. The van der Waals surface area contributed by atoms with Gasteiger partial charge in [-0.05, 0) is 37.0 Å². The molecule has 0 amide bonds. The van der Waals surface area contributed by atoms with Crippen molar-refractivity contribution in [3.05, 3.63) is 77.9 Å². The summed E-state index contributed by atoms with van der Waals surface area (Å²) in [5.74, 6) is -1.31. The minimum absolute atomic E-state index is 0.296. The van der Waals surface area contributed by atoms with Crippen LogP contribution in [0, 0.1) is 5.92 Å². The van der Waals surface area contributed by atoms with E-state index < -0.39 is 18.0 Å². The summed E-state index contributed by atoms with van der Waals surface area (Å²) in [7, 11) is 0. The summed E-state index contributed by atoms with van der Waals surface area (Å²) >= 11 is 0. The van der Waals surface area contributed by atoms with Crippen LogP contribution in [0.3, 0.4) is 0 Å². The highest BCUT2D eigenvalue weighted by atomic mass is 16.6. The van der Waals surface area contributed by atoms with Gasteiger partial charge < -0.3 is 9.47 Å². The molecule has 0 aromatic heterocycles. The number of carbonyl (C=O) groups is 2. The second kappa shape index (κ2) is 11.8. The molecular weight excluding hydrogens is 352 g/mol. The maximum absolute atomic E-state index is 12.6. The lowest BCUT2D eigenvalue weighted by molar-refractivity contribution is -0.159. The Balaban J connectivity index is 2.13. The second-order valence-electron chi connectivity index (χ2n) is 6.56. The first-order valence-electron chi connectivity index (χ1n) is 9.78. The maximum Gasteiger partial charge on any atom is 0.331 e. The minimum Gasteiger partial charge on any atom is -0.466 e. The van der Waals surface area contributed by atoms with Gasteiger partial charge in [-0.15, -0.1) is 0 Å². The summed E-state index contributed by atoms with van der Waals surface area (Å²) in [6.45, 7) is 4.08. The average Bonchev–Trinajstić information content (AvgIpc) is 2.72. The summed E-state index contributed by atoms with van der Waals surface area (Å²) in [5, 5.41) is 0. The van der Waals surface area contributed by atoms with Crippen molar-refractivity contribution in [3.63, 3.8) is 0 Å². The molecule has 0 spiro atoms. The SMILES string of the molecule is CCCC(OC(=O)/C=C/c1ccccc1)C(Cc1ccccc1)C(=O)OCC. The van der Waals surface area contributed by atoms with E-state index in [1.165, 1.54) is 6.08 Å². The van der Waals surface area contributed by atoms with Gasteiger partial charge in [0.25, 0.3) is 0 Å². The molecule has 0 aliphatic rings. The molecule has 0 N–H and O–H groups in total. The van der Waals surface area contributed by atoms with Gasteiger partial charge in [0.2, 0.25) is 0 Å². The Hall–Kier alpha value is -2.88. The van der Waals surface area contributed by atoms with Gasteiger partial charge in [0, 0.05) is 6.08 Å². The van der Waals surface area contributed by atoms with Gasteiger partial charge >= 0.3 is 11.9 Å². The van der Waals surface area contributed by atoms with E-state index >= 15 is 0 Å². The topological polar surface area (TPSA) is 52.6 Å². The number of ether oxygens (including phenoxy) is 2. The van der Waals surface area contributed by atoms with Crippen LogP contribution in [0.1, 0.15) is 37.8 Å². The van der Waals surface area contributed by atoms with Crippen LogP contribution in [0.15, 0.2) is 66.7 Å². The number of carbonyl (C=O) groups excluding carboxylic acids is 2. The third-order valence-corrected chi connectivity index (χ3v) is 4.39. The quantitative estimate of drug-likeness (QED) is 0.437. The summed E-state index contributed by atoms with van der Waals surface area (Å²) in [6, 6.07) is 19.3. The van der Waals surface area contributed by atoms with Crippen LogP contribution in [0.2, 0.25) is 0 Å². The lowest BCUT2D eigenvalue weighted by atomic mass is 9.91. The minimum atomic E-state index is -0.531. The zero-order valence-electron chi connectivity index (χ0n) is 16.5. The first-order valence-corrected chi connectivity index (χ1v) is 9.78. The molecule has 0 aliphatic heterocycles. The Morgan fingerprint density at radius 3 is 2.21 bits per heavy atom. The fraction of sp³-hybridized carbons (Fsp3) is 0.333. The summed E-state index contributed by atoms with van der Waals surface area (Å²) < 4.78 is 11.0. The Bertz CT molecular complexity index is 753. The van der Waals surface area contributed by atoms with E-state index in [1.807, 2.05) is 67.6 Å². The van der Waals surface area contributed by atoms with E-state index in [9.17, 15) is 9.59 Å². The van der Waals surface area contributed by atoms with E-state index in [0.29, 0.717) is 19.4 Å². The molecule has 2 unspecified atom stereocenters. The molecule has 4 nitrogen and oxygen atoms in total. The zero-order chi connectivity index (χ0) is 20.2. The standard InChI is InChI=1S/C24H28O4/c1-3-11-22(28-23(25)17-16-19-12-7-5-8-13-19)21(24(26)27-4-2)18-20-14-9-6-10-15-20/h5-10,12-17,21-22H,3-4,11,18H2,1-2H3/b17-16+. The number of benzene rings is 2. The van der Waals surface area contributed by atoms with Crippen molar-refractivity contribution >= 4 is 18.0 Å². The molecule has 148 valence electrons. The van der Waals surface area contributed by atoms with Gasteiger partial charge in [0.15, 0.2) is 0 Å². The predicted molar refractivity (Wildman–Crippen MR) is 111 cm³/mol. The van der Waals surface area contributed by atoms with E-state index in [4.69, 9.17) is 9.47 Å². The molecular formula is C24H28O4. The molecule has 28 heavy (non-hydrogen) atoms. The van der Waals surface area contributed by atoms with Crippen molar-refractivity contribution in [2.24, 2.45) is 5.92 Å². The Morgan fingerprint density at radius 2 is 1.61 bits per heavy atom. The highest BCUT2D eigenvalue weighted by molar-refractivity contribution is 5.87. The monoisotopic (exact) mass is 380 g/mol. The third-order valence-electron chi connectivity index (χ3n) is 4.39. The molecule has 2 aromatic carbocycles. The van der Waals surface area contributed by atoms with Crippen molar-refractivity contribution in [1.29, 1.82) is 0 Å². The van der Waals surface area contributed by atoms with Gasteiger partial charge in [-0.25, -0.2) is 4.79 Å². The summed E-state index contributed by atoms with van der Waals surface area (Å²) in [6.07, 6.45) is 4.45. The normalized spacial score (nSPS) is 13.1. The zero-order valence-corrected chi connectivity index (χ0v) is 16.5. The fourth-order valence-electron chi connectivity index (χ4n) is 3.03. The molecule has 4 heteroatoms. The largest absolute Gasteiger partial charge is 0.466 e. The van der Waals surface area contributed by atoms with Crippen LogP contribution < -0.4 is 0 Å². The lowest BCUT2D eigenvalue weighted by Gasteiger charge is -2.25. The molecule has 0 radical (unpaired) electrons. The van der Waals surface area contributed by atoms with Crippen LogP contribution in [-0.4, -0.2) is 24.6 Å². The summed E-state index contributed by atoms with van der Waals surface area (Å²) in [5.41, 5.74) is 1.93. The molecule has 0 saturated heterocycles. The van der Waals surface area contributed by atoms with Crippen LogP contribution in [0.4, 0.5) is 0 Å². The van der Waals surface area contributed by atoms with Crippen LogP contribution in [0.25, 0.3) is 6.08 Å². The molecule has 0 bridgehead atoms. The summed E-state index contributed by atoms with van der Waals surface area (Å²) in [4.78, 5) is 25.0. The van der Waals surface area contributed by atoms with Crippen LogP contribution in [0.5, 0.6) is 0 Å². The molecule has 2 atom stereocenters. The third kappa shape index (κ3) is 7.03. The van der Waals surface area contributed by atoms with Crippen molar-refractivity contribution in [1.82, 2.24) is 0 Å². The molecule has 2 aromatic rings. The van der Waals surface area contributed by atoms with Gasteiger partial charge in [-0.2, -0.15) is 0 Å². The Kier molecular flexibility index (Phi) is 8.99. The highest BCUT2D eigenvalue weighted by Gasteiger charge is 2.32. The van der Waals surface area contributed by atoms with Crippen LogP contribution in [-0.2, 0) is 25.5 Å². The molecule has 0 saturated carbocycles. The van der Waals surface area contributed by atoms with Crippen molar-refractivity contribution in [2.45, 2.75) is 39.2 Å². The molecule has 2 rings (SSSR count). The van der Waals surface area contributed by atoms with Gasteiger partial charge in [-0.3, -0.25) is 4.79 Å². The van der Waals surface area contributed by atoms with Crippen molar-refractivity contribution < 1.29 is 19.1 Å². The second-order valence-corrected chi connectivity index (χ2v) is 6.56. The maximum atomic E-state index is 12.6. The number of rotatable bonds is 10. The van der Waals surface area contributed by atoms with Gasteiger partial charge in [-0.1, -0.05) is 74.0 Å². The van der Waals surface area contributed by atoms with Crippen LogP contribution >= 0.6 is 0 Å². The van der Waals surface area contributed by atoms with E-state index in [1.54, 1.807) is 13.0 Å². The van der Waals surface area contributed by atoms with E-state index in [-0.39, 0.29) is 5.97 Å². The fourth-order valence-corrected chi connectivity index (χ4v) is 3.03. The number of hydrogen-bond acceptors (Lipinski definition) is 4.